The molecule has 2 nitrogen and oxygen atoms in total. The summed E-state index contributed by atoms with van der Waals surface area (Å²) in [5, 5.41) is 3.12. The van der Waals surface area contributed by atoms with Crippen molar-refractivity contribution in [3.05, 3.63) is 59.0 Å². The summed E-state index contributed by atoms with van der Waals surface area (Å²) < 4.78 is 1.07. The second kappa shape index (κ2) is 3.62. The van der Waals surface area contributed by atoms with Crippen molar-refractivity contribution in [1.29, 1.82) is 0 Å². The van der Waals surface area contributed by atoms with Crippen molar-refractivity contribution < 1.29 is 9.59 Å². The quantitative estimate of drug-likeness (QED) is 0.576. The maximum atomic E-state index is 12.2. The van der Waals surface area contributed by atoms with E-state index in [9.17, 15) is 9.59 Å². The summed E-state index contributed by atoms with van der Waals surface area (Å²) in [6.07, 6.45) is 0. The Hall–Kier alpha value is -2.26. The summed E-state index contributed by atoms with van der Waals surface area (Å²) in [5.41, 5.74) is 2.82. The van der Waals surface area contributed by atoms with Gasteiger partial charge in [0.25, 0.3) is 0 Å². The Balaban J connectivity index is 2.23. The number of carbonyl (C=O) groups is 2. The molecule has 1 aromatic heterocycles. The van der Waals surface area contributed by atoms with Crippen LogP contribution in [0.5, 0.6) is 0 Å². The van der Waals surface area contributed by atoms with Crippen molar-refractivity contribution in [3.63, 3.8) is 0 Å². The zero-order valence-electron chi connectivity index (χ0n) is 9.84. The lowest BCUT2D eigenvalue weighted by Gasteiger charge is -2.18. The highest BCUT2D eigenvalue weighted by Crippen LogP contribution is 2.40. The molecule has 0 amide bonds. The average Bonchev–Trinajstić information content (AvgIpc) is 2.92. The molecule has 0 saturated carbocycles. The summed E-state index contributed by atoms with van der Waals surface area (Å²) in [6, 6.07) is 13.0. The Morgan fingerprint density at radius 2 is 1.47 bits per heavy atom. The highest BCUT2D eigenvalue weighted by molar-refractivity contribution is 7.17. The summed E-state index contributed by atoms with van der Waals surface area (Å²) in [5.74, 6) is -0.803. The molecule has 4 rings (SSSR count). The molecule has 0 radical (unpaired) electrons. The molecule has 3 heteroatoms. The number of ketones is 2. The van der Waals surface area contributed by atoms with Gasteiger partial charge in [0.2, 0.25) is 11.6 Å². The molecule has 1 aliphatic carbocycles. The predicted octanol–water partition coefficient (Wildman–Crippen LogP) is 3.95. The number of rotatable bonds is 0. The Bertz CT molecular complexity index is 858. The second-order valence-electron chi connectivity index (χ2n) is 4.53. The van der Waals surface area contributed by atoms with Gasteiger partial charge in [-0.2, -0.15) is 0 Å². The van der Waals surface area contributed by atoms with Crippen LogP contribution in [0.2, 0.25) is 0 Å². The Morgan fingerprint density at radius 3 is 2.32 bits per heavy atom. The third-order valence-electron chi connectivity index (χ3n) is 3.51. The summed E-state index contributed by atoms with van der Waals surface area (Å²) >= 11 is 1.61. The molecule has 0 unspecified atom stereocenters. The van der Waals surface area contributed by atoms with Crippen molar-refractivity contribution >= 4 is 33.0 Å². The Morgan fingerprint density at radius 1 is 0.737 bits per heavy atom. The van der Waals surface area contributed by atoms with Gasteiger partial charge in [-0.3, -0.25) is 9.59 Å². The number of benzene rings is 2. The first-order chi connectivity index (χ1) is 9.27. The van der Waals surface area contributed by atoms with E-state index < -0.39 is 11.6 Å². The van der Waals surface area contributed by atoms with E-state index in [2.05, 4.69) is 0 Å². The topological polar surface area (TPSA) is 34.1 Å². The zero-order chi connectivity index (χ0) is 13.0. The molecule has 0 atom stereocenters. The van der Waals surface area contributed by atoms with Crippen LogP contribution in [0.15, 0.2) is 47.8 Å². The number of fused-ring (bicyclic) bond motifs is 5. The van der Waals surface area contributed by atoms with Crippen LogP contribution in [0.3, 0.4) is 0 Å². The van der Waals surface area contributed by atoms with Gasteiger partial charge in [-0.05, 0) is 28.5 Å². The van der Waals surface area contributed by atoms with Gasteiger partial charge < -0.3 is 0 Å². The zero-order valence-corrected chi connectivity index (χ0v) is 10.7. The minimum Gasteiger partial charge on any atom is -0.285 e. The van der Waals surface area contributed by atoms with Gasteiger partial charge in [0.1, 0.15) is 0 Å². The smallest absolute Gasteiger partial charge is 0.234 e. The SMILES string of the molecule is O=C1C(=O)c2ccc3ccsc3c2-c2ccccc21. The average molecular weight is 264 g/mol. The van der Waals surface area contributed by atoms with E-state index in [1.807, 2.05) is 29.6 Å². The van der Waals surface area contributed by atoms with Gasteiger partial charge in [-0.25, -0.2) is 0 Å². The Kier molecular flexibility index (Phi) is 2.03. The van der Waals surface area contributed by atoms with Crippen LogP contribution < -0.4 is 0 Å². The number of hydrogen-bond donors (Lipinski definition) is 0. The maximum absolute atomic E-state index is 12.2. The molecule has 0 N–H and O–H groups in total. The third-order valence-corrected chi connectivity index (χ3v) is 4.46. The van der Waals surface area contributed by atoms with E-state index in [1.54, 1.807) is 29.5 Å². The van der Waals surface area contributed by atoms with Crippen molar-refractivity contribution in [2.24, 2.45) is 0 Å². The number of carbonyl (C=O) groups excluding carboxylic acids is 2. The fraction of sp³-hybridized carbons (Fsp3) is 0. The molecule has 1 heterocycles. The van der Waals surface area contributed by atoms with Crippen LogP contribution >= 0.6 is 11.3 Å². The molecule has 1 aliphatic rings. The molecule has 0 spiro atoms. The van der Waals surface area contributed by atoms with Crippen LogP contribution in [0.4, 0.5) is 0 Å². The largest absolute Gasteiger partial charge is 0.285 e. The summed E-state index contributed by atoms with van der Waals surface area (Å²) in [4.78, 5) is 24.3. The molecule has 0 bridgehead atoms. The molecule has 0 aliphatic heterocycles. The molecule has 0 saturated heterocycles. The standard InChI is InChI=1S/C16H8O2S/c17-14-11-4-2-1-3-10(11)13-12(15(14)18)6-5-9-7-8-19-16(9)13/h1-8H. The number of Topliss-reactive ketones (excluding diaryl/α,β-unsaturated/α-hetero) is 2. The number of hydrogen-bond acceptors (Lipinski definition) is 3. The van der Waals surface area contributed by atoms with Crippen LogP contribution in [-0.4, -0.2) is 11.6 Å². The molecule has 90 valence electrons. The van der Waals surface area contributed by atoms with Gasteiger partial charge in [-0.1, -0.05) is 30.3 Å². The third kappa shape index (κ3) is 1.30. The maximum Gasteiger partial charge on any atom is 0.234 e. The first-order valence-electron chi connectivity index (χ1n) is 5.96. The van der Waals surface area contributed by atoms with Crippen LogP contribution in [0.25, 0.3) is 21.2 Å². The van der Waals surface area contributed by atoms with E-state index in [0.29, 0.717) is 11.1 Å². The van der Waals surface area contributed by atoms with E-state index in [4.69, 9.17) is 0 Å². The van der Waals surface area contributed by atoms with Crippen molar-refractivity contribution in [3.8, 4) is 11.1 Å². The van der Waals surface area contributed by atoms with Gasteiger partial charge >= 0.3 is 0 Å². The lowest BCUT2D eigenvalue weighted by molar-refractivity contribution is 0.0815. The fourth-order valence-corrected chi connectivity index (χ4v) is 3.59. The van der Waals surface area contributed by atoms with Crippen LogP contribution in [0.1, 0.15) is 20.7 Å². The van der Waals surface area contributed by atoms with Gasteiger partial charge in [0.15, 0.2) is 0 Å². The van der Waals surface area contributed by atoms with Crippen molar-refractivity contribution in [1.82, 2.24) is 0 Å². The lowest BCUT2D eigenvalue weighted by Crippen LogP contribution is -2.21. The van der Waals surface area contributed by atoms with Crippen molar-refractivity contribution in [2.45, 2.75) is 0 Å². The minimum atomic E-state index is -0.404. The first kappa shape index (κ1) is 10.6. The highest BCUT2D eigenvalue weighted by Gasteiger charge is 2.31. The normalized spacial score (nSPS) is 13.5. The summed E-state index contributed by atoms with van der Waals surface area (Å²) in [7, 11) is 0. The molecule has 3 aromatic rings. The fourth-order valence-electron chi connectivity index (χ4n) is 2.63. The molecular formula is C16H8O2S. The van der Waals surface area contributed by atoms with E-state index in [-0.39, 0.29) is 0 Å². The monoisotopic (exact) mass is 264 g/mol. The van der Waals surface area contributed by atoms with E-state index in [1.165, 1.54) is 0 Å². The lowest BCUT2D eigenvalue weighted by atomic mass is 9.83. The van der Waals surface area contributed by atoms with E-state index in [0.717, 1.165) is 21.2 Å². The highest BCUT2D eigenvalue weighted by atomic mass is 32.1. The van der Waals surface area contributed by atoms with Crippen LogP contribution in [-0.2, 0) is 0 Å². The minimum absolute atomic E-state index is 0.399. The Labute approximate surface area is 113 Å². The van der Waals surface area contributed by atoms with Gasteiger partial charge in [0.05, 0.1) is 0 Å². The van der Waals surface area contributed by atoms with E-state index >= 15 is 0 Å². The van der Waals surface area contributed by atoms with Crippen molar-refractivity contribution in [2.75, 3.05) is 0 Å². The van der Waals surface area contributed by atoms with Gasteiger partial charge in [0, 0.05) is 21.4 Å². The van der Waals surface area contributed by atoms with Gasteiger partial charge in [-0.15, -0.1) is 11.3 Å². The number of thiophene rings is 1. The molecule has 0 fully saturated rings. The first-order valence-corrected chi connectivity index (χ1v) is 6.84. The molecule has 2 aromatic carbocycles. The predicted molar refractivity (Wildman–Crippen MR) is 75.9 cm³/mol. The summed E-state index contributed by atoms with van der Waals surface area (Å²) in [6.45, 7) is 0. The molecular weight excluding hydrogens is 256 g/mol. The second-order valence-corrected chi connectivity index (χ2v) is 5.45. The molecule has 19 heavy (non-hydrogen) atoms. The van der Waals surface area contributed by atoms with Crippen LogP contribution in [0, 0.1) is 0 Å².